The number of nitrogens with one attached hydrogen (secondary N) is 3. The van der Waals surface area contributed by atoms with E-state index in [-0.39, 0.29) is 11.4 Å². The van der Waals surface area contributed by atoms with Crippen molar-refractivity contribution in [3.63, 3.8) is 0 Å². The van der Waals surface area contributed by atoms with Crippen LogP contribution in [-0.2, 0) is 6.54 Å². The van der Waals surface area contributed by atoms with Crippen molar-refractivity contribution >= 4 is 11.8 Å². The number of nitrogens with zero attached hydrogens (tertiary/aromatic N) is 1. The molecule has 0 radical (unpaired) electrons. The molecule has 1 unspecified atom stereocenters. The molecule has 0 bridgehead atoms. The second-order valence-corrected chi connectivity index (χ2v) is 5.51. The molecule has 0 aromatic carbocycles. The topological polar surface area (TPSA) is 109 Å². The second-order valence-electron chi connectivity index (χ2n) is 5.51. The van der Waals surface area contributed by atoms with Gasteiger partial charge >= 0.3 is 11.7 Å². The van der Waals surface area contributed by atoms with Crippen molar-refractivity contribution in [3.8, 4) is 0 Å². The lowest BCUT2D eigenvalue weighted by molar-refractivity contribution is 0.246. The number of fused-ring (bicyclic) bond motifs is 1. The van der Waals surface area contributed by atoms with Crippen LogP contribution in [-0.4, -0.2) is 15.6 Å². The van der Waals surface area contributed by atoms with Crippen LogP contribution in [0.3, 0.4) is 0 Å². The third-order valence-electron chi connectivity index (χ3n) is 3.81. The van der Waals surface area contributed by atoms with Gasteiger partial charge in [0.25, 0.3) is 5.56 Å². The minimum atomic E-state index is -0.732. The molecule has 1 aliphatic heterocycles. The molecule has 2 aromatic rings. The predicted molar refractivity (Wildman–Crippen MR) is 83.7 cm³/mol. The van der Waals surface area contributed by atoms with Crippen molar-refractivity contribution in [1.82, 2.24) is 14.9 Å². The van der Waals surface area contributed by atoms with Gasteiger partial charge in [-0.05, 0) is 25.5 Å². The van der Waals surface area contributed by atoms with Gasteiger partial charge in [0, 0.05) is 6.54 Å². The number of aromatic amines is 1. The molecule has 0 fully saturated rings. The highest BCUT2D eigenvalue weighted by Gasteiger charge is 2.33. The Morgan fingerprint density at radius 3 is 2.70 bits per heavy atom. The Kier molecular flexibility index (Phi) is 3.81. The minimum absolute atomic E-state index is 0.231. The molecule has 1 atom stereocenters. The number of hydrogen-bond acceptors (Lipinski definition) is 4. The Bertz CT molecular complexity index is 861. The molecule has 3 heterocycles. The van der Waals surface area contributed by atoms with E-state index in [1.165, 1.54) is 4.57 Å². The lowest BCUT2D eigenvalue weighted by atomic mass is 10.0. The van der Waals surface area contributed by atoms with Crippen molar-refractivity contribution in [2.75, 3.05) is 5.32 Å². The molecule has 23 heavy (non-hydrogen) atoms. The van der Waals surface area contributed by atoms with E-state index >= 15 is 0 Å². The van der Waals surface area contributed by atoms with Gasteiger partial charge in [-0.1, -0.05) is 13.3 Å². The first kappa shape index (κ1) is 15.1. The summed E-state index contributed by atoms with van der Waals surface area (Å²) in [5.74, 6) is 1.35. The predicted octanol–water partition coefficient (Wildman–Crippen LogP) is 1.46. The van der Waals surface area contributed by atoms with Crippen LogP contribution in [0, 0.1) is 6.92 Å². The monoisotopic (exact) mass is 318 g/mol. The number of unbranched alkanes of at least 4 members (excludes halogenated alkanes) is 1. The fourth-order valence-corrected chi connectivity index (χ4v) is 2.69. The number of H-pyrrole nitrogens is 1. The van der Waals surface area contributed by atoms with Gasteiger partial charge in [-0.25, -0.2) is 9.59 Å². The van der Waals surface area contributed by atoms with E-state index in [2.05, 4.69) is 15.6 Å². The number of anilines is 1. The zero-order valence-corrected chi connectivity index (χ0v) is 12.9. The zero-order chi connectivity index (χ0) is 16.6. The molecule has 0 spiro atoms. The van der Waals surface area contributed by atoms with Crippen LogP contribution in [0.1, 0.15) is 42.9 Å². The van der Waals surface area contributed by atoms with Crippen molar-refractivity contribution in [1.29, 1.82) is 0 Å². The lowest BCUT2D eigenvalue weighted by Gasteiger charge is -2.27. The van der Waals surface area contributed by atoms with Gasteiger partial charge in [0.15, 0.2) is 0 Å². The average molecular weight is 318 g/mol. The number of hydrogen-bond donors (Lipinski definition) is 3. The van der Waals surface area contributed by atoms with Crippen LogP contribution in [0.4, 0.5) is 10.6 Å². The number of urea groups is 1. The SMILES string of the molecule is CCCCn1c2c(c(=O)[nH]c1=O)C(c1ccc(C)o1)NC(=O)N2. The Balaban J connectivity index is 2.19. The zero-order valence-electron chi connectivity index (χ0n) is 12.9. The summed E-state index contributed by atoms with van der Waals surface area (Å²) in [4.78, 5) is 38.7. The first-order valence-corrected chi connectivity index (χ1v) is 7.52. The molecule has 0 saturated heterocycles. The smallest absolute Gasteiger partial charge is 0.329 e. The summed E-state index contributed by atoms with van der Waals surface area (Å²) in [6.07, 6.45) is 1.64. The molecule has 3 N–H and O–H groups in total. The van der Waals surface area contributed by atoms with Gasteiger partial charge in [-0.15, -0.1) is 0 Å². The largest absolute Gasteiger partial charge is 0.464 e. The van der Waals surface area contributed by atoms with E-state index in [0.717, 1.165) is 12.8 Å². The summed E-state index contributed by atoms with van der Waals surface area (Å²) in [5.41, 5.74) is -0.794. The maximum absolute atomic E-state index is 12.3. The van der Waals surface area contributed by atoms with Crippen LogP contribution in [0.5, 0.6) is 0 Å². The highest BCUT2D eigenvalue weighted by molar-refractivity contribution is 5.92. The van der Waals surface area contributed by atoms with Gasteiger partial charge < -0.3 is 9.73 Å². The van der Waals surface area contributed by atoms with Gasteiger partial charge in [0.05, 0.1) is 5.56 Å². The van der Waals surface area contributed by atoms with Crippen molar-refractivity contribution in [2.45, 2.75) is 39.3 Å². The fraction of sp³-hybridized carbons (Fsp3) is 0.400. The number of furan rings is 1. The molecule has 0 aliphatic carbocycles. The molecular formula is C15H18N4O4. The quantitative estimate of drug-likeness (QED) is 0.793. The number of carbonyl (C=O) groups excluding carboxylic acids is 1. The van der Waals surface area contributed by atoms with E-state index in [0.29, 0.717) is 18.1 Å². The summed E-state index contributed by atoms with van der Waals surface area (Å²) in [7, 11) is 0. The van der Waals surface area contributed by atoms with Gasteiger partial charge in [0.1, 0.15) is 23.4 Å². The number of aromatic nitrogens is 2. The summed E-state index contributed by atoms with van der Waals surface area (Å²) in [6, 6.07) is 2.25. The maximum Gasteiger partial charge on any atom is 0.329 e. The molecule has 8 nitrogen and oxygen atoms in total. The summed E-state index contributed by atoms with van der Waals surface area (Å²) >= 11 is 0. The molecule has 1 aliphatic rings. The number of carbonyl (C=O) groups is 1. The van der Waals surface area contributed by atoms with Crippen LogP contribution in [0.15, 0.2) is 26.1 Å². The number of amides is 2. The van der Waals surface area contributed by atoms with Crippen molar-refractivity contribution < 1.29 is 9.21 Å². The van der Waals surface area contributed by atoms with Gasteiger partial charge in [-0.2, -0.15) is 0 Å². The molecule has 122 valence electrons. The third kappa shape index (κ3) is 2.67. The highest BCUT2D eigenvalue weighted by Crippen LogP contribution is 2.29. The molecule has 3 rings (SSSR count). The van der Waals surface area contributed by atoms with Crippen molar-refractivity contribution in [3.05, 3.63) is 50.1 Å². The summed E-state index contributed by atoms with van der Waals surface area (Å²) in [5, 5.41) is 5.24. The highest BCUT2D eigenvalue weighted by atomic mass is 16.3. The average Bonchev–Trinajstić information content (AvgIpc) is 2.92. The third-order valence-corrected chi connectivity index (χ3v) is 3.81. The Hall–Kier alpha value is -2.77. The van der Waals surface area contributed by atoms with Crippen LogP contribution >= 0.6 is 0 Å². The fourth-order valence-electron chi connectivity index (χ4n) is 2.69. The standard InChI is InChI=1S/C15H18N4O4/c1-3-4-7-19-12-10(13(20)18-15(19)22)11(16-14(21)17-12)9-6-5-8(2)23-9/h5-6,11H,3-4,7H2,1-2H3,(H2,16,17,21)(H,18,20,22). The van der Waals surface area contributed by atoms with Crippen LogP contribution in [0.25, 0.3) is 0 Å². The molecule has 2 amide bonds. The molecule has 2 aromatic heterocycles. The number of rotatable bonds is 4. The first-order valence-electron chi connectivity index (χ1n) is 7.52. The minimum Gasteiger partial charge on any atom is -0.464 e. The number of aryl methyl sites for hydroxylation is 1. The Labute approximate surface area is 131 Å². The Morgan fingerprint density at radius 1 is 1.26 bits per heavy atom. The second kappa shape index (κ2) is 5.79. The van der Waals surface area contributed by atoms with E-state index in [1.807, 2.05) is 6.92 Å². The van der Waals surface area contributed by atoms with Crippen LogP contribution < -0.4 is 21.9 Å². The van der Waals surface area contributed by atoms with E-state index < -0.39 is 23.3 Å². The summed E-state index contributed by atoms with van der Waals surface area (Å²) in [6.45, 7) is 4.19. The van der Waals surface area contributed by atoms with Crippen LogP contribution in [0.2, 0.25) is 0 Å². The summed E-state index contributed by atoms with van der Waals surface area (Å²) < 4.78 is 6.94. The van der Waals surface area contributed by atoms with Gasteiger partial charge in [0.2, 0.25) is 0 Å². The van der Waals surface area contributed by atoms with E-state index in [1.54, 1.807) is 19.1 Å². The lowest BCUT2D eigenvalue weighted by Crippen LogP contribution is -2.46. The maximum atomic E-state index is 12.3. The molecule has 0 saturated carbocycles. The first-order chi connectivity index (χ1) is 11.0. The normalized spacial score (nSPS) is 16.6. The molecule has 8 heteroatoms. The van der Waals surface area contributed by atoms with E-state index in [9.17, 15) is 14.4 Å². The van der Waals surface area contributed by atoms with Crippen molar-refractivity contribution in [2.24, 2.45) is 0 Å². The molecular weight excluding hydrogens is 300 g/mol. The van der Waals surface area contributed by atoms with Gasteiger partial charge in [-0.3, -0.25) is 19.7 Å². The van der Waals surface area contributed by atoms with E-state index in [4.69, 9.17) is 4.42 Å². The Morgan fingerprint density at radius 2 is 2.04 bits per heavy atom.